The Morgan fingerprint density at radius 3 is 2.88 bits per heavy atom. The molecule has 0 aliphatic heterocycles. The quantitative estimate of drug-likeness (QED) is 0.771. The zero-order valence-corrected chi connectivity index (χ0v) is 15.4. The summed E-state index contributed by atoms with van der Waals surface area (Å²) in [5, 5.41) is 7.88. The lowest BCUT2D eigenvalue weighted by molar-refractivity contribution is 0.496. The fourth-order valence-electron chi connectivity index (χ4n) is 3.49. The van der Waals surface area contributed by atoms with E-state index in [2.05, 4.69) is 16.8 Å². The predicted octanol–water partition coefficient (Wildman–Crippen LogP) is 4.36. The fraction of sp³-hybridized carbons (Fsp3) is 0.389. The summed E-state index contributed by atoms with van der Waals surface area (Å²) in [6, 6.07) is 7.77. The molecule has 0 bridgehead atoms. The van der Waals surface area contributed by atoms with Crippen molar-refractivity contribution in [3.8, 4) is 0 Å². The van der Waals surface area contributed by atoms with Crippen molar-refractivity contribution in [3.05, 3.63) is 58.4 Å². The van der Waals surface area contributed by atoms with Crippen LogP contribution in [0.5, 0.6) is 0 Å². The number of nitrogens with one attached hydrogen (secondary N) is 1. The topological polar surface area (TPSA) is 83.0 Å². The van der Waals surface area contributed by atoms with Crippen molar-refractivity contribution in [2.45, 2.75) is 44.4 Å². The molecule has 0 saturated heterocycles. The summed E-state index contributed by atoms with van der Waals surface area (Å²) in [7, 11) is -4.36. The molecule has 1 aliphatic carbocycles. The lowest BCUT2D eigenvalue weighted by atomic mass is 9.85. The molecule has 2 N–H and O–H groups in total. The molecule has 1 aromatic carbocycles. The number of halogens is 1. The van der Waals surface area contributed by atoms with Crippen molar-refractivity contribution in [1.82, 2.24) is 10.2 Å². The van der Waals surface area contributed by atoms with Crippen LogP contribution in [0.1, 0.15) is 54.1 Å². The second kappa shape index (κ2) is 7.32. The Hall–Kier alpha value is -1.63. The molecule has 134 valence electrons. The van der Waals surface area contributed by atoms with Gasteiger partial charge in [-0.25, -0.2) is 0 Å². The molecule has 0 amide bonds. The standard InChI is InChI=1S/C18H21ClN2O3S/c1-12(25(22,23)24)17-16-9-4-2-3-7-14(18(16)21-20-17)10-13-6-5-8-15(19)11-13/h5-6,8,11,14H,1-4,7,9-10H2,(H,20,21)(H,22,23,24). The molecule has 2 aromatic rings. The first kappa shape index (κ1) is 18.2. The maximum atomic E-state index is 11.5. The lowest BCUT2D eigenvalue weighted by Gasteiger charge is -2.20. The summed E-state index contributed by atoms with van der Waals surface area (Å²) in [6.07, 6.45) is 5.66. The summed E-state index contributed by atoms with van der Waals surface area (Å²) >= 11 is 6.09. The molecular formula is C18H21ClN2O3S. The molecule has 1 aromatic heterocycles. The molecule has 1 aliphatic rings. The minimum atomic E-state index is -4.36. The van der Waals surface area contributed by atoms with Crippen molar-refractivity contribution >= 4 is 26.6 Å². The van der Waals surface area contributed by atoms with Crippen LogP contribution >= 0.6 is 11.6 Å². The van der Waals surface area contributed by atoms with Gasteiger partial charge >= 0.3 is 0 Å². The third kappa shape index (κ3) is 4.14. The number of hydrogen-bond acceptors (Lipinski definition) is 3. The van der Waals surface area contributed by atoms with Gasteiger partial charge in [0.05, 0.1) is 0 Å². The number of hydrogen-bond donors (Lipinski definition) is 2. The first-order chi connectivity index (χ1) is 11.9. The van der Waals surface area contributed by atoms with Gasteiger partial charge in [0.2, 0.25) is 0 Å². The number of benzene rings is 1. The van der Waals surface area contributed by atoms with E-state index in [1.54, 1.807) is 0 Å². The lowest BCUT2D eigenvalue weighted by Crippen LogP contribution is -2.10. The second-order valence-electron chi connectivity index (χ2n) is 6.49. The third-order valence-corrected chi connectivity index (χ3v) is 5.78. The molecule has 5 nitrogen and oxygen atoms in total. The zero-order valence-electron chi connectivity index (χ0n) is 13.8. The summed E-state index contributed by atoms with van der Waals surface area (Å²) in [4.78, 5) is -0.341. The molecule has 1 unspecified atom stereocenters. The minimum Gasteiger partial charge on any atom is -0.282 e. The van der Waals surface area contributed by atoms with Crippen molar-refractivity contribution in [1.29, 1.82) is 0 Å². The normalized spacial score (nSPS) is 18.2. The van der Waals surface area contributed by atoms with Gasteiger partial charge < -0.3 is 0 Å². The molecule has 0 saturated carbocycles. The van der Waals surface area contributed by atoms with E-state index in [0.29, 0.717) is 5.02 Å². The number of rotatable bonds is 4. The predicted molar refractivity (Wildman–Crippen MR) is 99.2 cm³/mol. The Kier molecular flexibility index (Phi) is 5.32. The van der Waals surface area contributed by atoms with Gasteiger partial charge in [-0.1, -0.05) is 43.2 Å². The van der Waals surface area contributed by atoms with Crippen LogP contribution in [0, 0.1) is 0 Å². The number of H-pyrrole nitrogens is 1. The molecule has 0 fully saturated rings. The van der Waals surface area contributed by atoms with Gasteiger partial charge in [-0.2, -0.15) is 13.5 Å². The van der Waals surface area contributed by atoms with E-state index in [4.69, 9.17) is 11.6 Å². The SMILES string of the molecule is C=C(c1n[nH]c2c1CCCCCC2Cc1cccc(Cl)c1)S(=O)(=O)O. The molecule has 0 radical (unpaired) electrons. The van der Waals surface area contributed by atoms with Crippen LogP contribution in [0.2, 0.25) is 5.02 Å². The smallest absolute Gasteiger partial charge is 0.282 e. The number of nitrogens with zero attached hydrogens (tertiary/aromatic N) is 1. The highest BCUT2D eigenvalue weighted by Gasteiger charge is 2.27. The van der Waals surface area contributed by atoms with E-state index >= 15 is 0 Å². The molecule has 7 heteroatoms. The Bertz CT molecular complexity index is 889. The molecule has 1 heterocycles. The number of aromatic amines is 1. The third-order valence-electron chi connectivity index (χ3n) is 4.73. The second-order valence-corrected chi connectivity index (χ2v) is 8.37. The van der Waals surface area contributed by atoms with Crippen LogP contribution in [0.3, 0.4) is 0 Å². The van der Waals surface area contributed by atoms with Crippen LogP contribution in [0.4, 0.5) is 0 Å². The Labute approximate surface area is 152 Å². The van der Waals surface area contributed by atoms with Crippen LogP contribution < -0.4 is 0 Å². The first-order valence-electron chi connectivity index (χ1n) is 8.34. The van der Waals surface area contributed by atoms with E-state index < -0.39 is 10.1 Å². The largest absolute Gasteiger partial charge is 0.296 e. The molecular weight excluding hydrogens is 360 g/mol. The maximum absolute atomic E-state index is 11.5. The van der Waals surface area contributed by atoms with Gasteiger partial charge in [0.25, 0.3) is 10.1 Å². The monoisotopic (exact) mass is 380 g/mol. The van der Waals surface area contributed by atoms with E-state index in [9.17, 15) is 13.0 Å². The van der Waals surface area contributed by atoms with Gasteiger partial charge in [0, 0.05) is 22.2 Å². The summed E-state index contributed by atoms with van der Waals surface area (Å²) in [5.41, 5.74) is 3.19. The van der Waals surface area contributed by atoms with Crippen LogP contribution in [-0.2, 0) is 23.0 Å². The molecule has 0 spiro atoms. The molecule has 25 heavy (non-hydrogen) atoms. The number of aromatic nitrogens is 2. The summed E-state index contributed by atoms with van der Waals surface area (Å²) in [5.74, 6) is 0.198. The summed E-state index contributed by atoms with van der Waals surface area (Å²) < 4.78 is 32.3. The highest BCUT2D eigenvalue weighted by molar-refractivity contribution is 7.95. The fourth-order valence-corrected chi connectivity index (χ4v) is 4.11. The van der Waals surface area contributed by atoms with Gasteiger partial charge in [0.15, 0.2) is 0 Å². The zero-order chi connectivity index (χ0) is 18.0. The van der Waals surface area contributed by atoms with E-state index in [1.165, 1.54) is 0 Å². The van der Waals surface area contributed by atoms with Gasteiger partial charge in [-0.15, -0.1) is 0 Å². The van der Waals surface area contributed by atoms with Crippen LogP contribution in [0.15, 0.2) is 30.8 Å². The van der Waals surface area contributed by atoms with Crippen molar-refractivity contribution in [3.63, 3.8) is 0 Å². The molecule has 3 rings (SSSR count). The van der Waals surface area contributed by atoms with Crippen molar-refractivity contribution in [2.75, 3.05) is 0 Å². The van der Waals surface area contributed by atoms with Crippen molar-refractivity contribution in [2.24, 2.45) is 0 Å². The van der Waals surface area contributed by atoms with Crippen LogP contribution in [0.25, 0.3) is 4.91 Å². The van der Waals surface area contributed by atoms with Crippen molar-refractivity contribution < 1.29 is 13.0 Å². The van der Waals surface area contributed by atoms with Crippen LogP contribution in [-0.4, -0.2) is 23.2 Å². The summed E-state index contributed by atoms with van der Waals surface area (Å²) in [6.45, 7) is 3.51. The highest BCUT2D eigenvalue weighted by Crippen LogP contribution is 2.35. The minimum absolute atomic E-state index is 0.198. The average molecular weight is 381 g/mol. The van der Waals surface area contributed by atoms with E-state index in [0.717, 1.165) is 55.3 Å². The number of fused-ring (bicyclic) bond motifs is 1. The molecule has 1 atom stereocenters. The Morgan fingerprint density at radius 2 is 2.16 bits per heavy atom. The highest BCUT2D eigenvalue weighted by atomic mass is 35.5. The Balaban J connectivity index is 1.97. The van der Waals surface area contributed by atoms with Gasteiger partial charge in [0.1, 0.15) is 10.6 Å². The average Bonchev–Trinajstić information content (AvgIpc) is 2.92. The first-order valence-corrected chi connectivity index (χ1v) is 10.2. The van der Waals surface area contributed by atoms with E-state index in [1.807, 2.05) is 24.3 Å². The Morgan fingerprint density at radius 1 is 1.36 bits per heavy atom. The maximum Gasteiger partial charge on any atom is 0.296 e. The van der Waals surface area contributed by atoms with E-state index in [-0.39, 0.29) is 16.5 Å². The van der Waals surface area contributed by atoms with Gasteiger partial charge in [-0.05, 0) is 43.4 Å². The van der Waals surface area contributed by atoms with Gasteiger partial charge in [-0.3, -0.25) is 9.65 Å².